The van der Waals surface area contributed by atoms with Crippen LogP contribution in [-0.2, 0) is 4.79 Å². The van der Waals surface area contributed by atoms with E-state index in [9.17, 15) is 4.79 Å². The van der Waals surface area contributed by atoms with Crippen molar-refractivity contribution in [2.75, 3.05) is 19.1 Å². The van der Waals surface area contributed by atoms with Crippen molar-refractivity contribution < 1.29 is 19.0 Å². The molecule has 3 aromatic rings. The number of hydrogen-bond donors (Lipinski definition) is 0. The number of benzene rings is 3. The zero-order valence-electron chi connectivity index (χ0n) is 17.9. The first-order chi connectivity index (χ1) is 14.9. The van der Waals surface area contributed by atoms with Crippen LogP contribution in [0.15, 0.2) is 60.7 Å². The smallest absolute Gasteiger partial charge is 0.271 e. The number of nitrogens with zero attached hydrogens (tertiary/aromatic N) is 1. The SMILES string of the molecule is COc1ccc(C2C(Oc3ccc(Cl)cc3)C(=O)N2c2cc(C)ccc2C)cc1OC. The van der Waals surface area contributed by atoms with Crippen LogP contribution in [0.2, 0.25) is 5.02 Å². The van der Waals surface area contributed by atoms with E-state index in [-0.39, 0.29) is 11.9 Å². The Bertz CT molecular complexity index is 1110. The highest BCUT2D eigenvalue weighted by Gasteiger charge is 2.51. The lowest BCUT2D eigenvalue weighted by molar-refractivity contribution is -0.135. The molecular weight excluding hydrogens is 414 g/mol. The topological polar surface area (TPSA) is 48.0 Å². The molecular formula is C25H24ClNO4. The van der Waals surface area contributed by atoms with E-state index in [2.05, 4.69) is 0 Å². The molecule has 0 N–H and O–H groups in total. The molecule has 0 aromatic heterocycles. The number of anilines is 1. The summed E-state index contributed by atoms with van der Waals surface area (Å²) < 4.78 is 17.0. The Morgan fingerprint density at radius 3 is 2.26 bits per heavy atom. The molecule has 0 spiro atoms. The van der Waals surface area contributed by atoms with E-state index in [1.54, 1.807) is 43.4 Å². The summed E-state index contributed by atoms with van der Waals surface area (Å²) in [6.07, 6.45) is -0.667. The molecule has 31 heavy (non-hydrogen) atoms. The van der Waals surface area contributed by atoms with Crippen LogP contribution in [0, 0.1) is 13.8 Å². The molecule has 1 saturated heterocycles. The Balaban J connectivity index is 1.76. The first kappa shape index (κ1) is 21.1. The minimum atomic E-state index is -0.667. The van der Waals surface area contributed by atoms with Gasteiger partial charge in [0.25, 0.3) is 5.91 Å². The fourth-order valence-electron chi connectivity index (χ4n) is 3.85. The quantitative estimate of drug-likeness (QED) is 0.477. The molecule has 1 aliphatic rings. The molecule has 0 aliphatic carbocycles. The molecule has 5 nitrogen and oxygen atoms in total. The highest BCUT2D eigenvalue weighted by molar-refractivity contribution is 6.30. The van der Waals surface area contributed by atoms with Crippen LogP contribution in [0.1, 0.15) is 22.7 Å². The maximum Gasteiger partial charge on any atom is 0.271 e. The van der Waals surface area contributed by atoms with Gasteiger partial charge in [-0.1, -0.05) is 29.8 Å². The average Bonchev–Trinajstić information content (AvgIpc) is 2.78. The van der Waals surface area contributed by atoms with Gasteiger partial charge in [0.1, 0.15) is 11.8 Å². The van der Waals surface area contributed by atoms with Crippen LogP contribution in [0.5, 0.6) is 17.2 Å². The molecule has 1 fully saturated rings. The van der Waals surface area contributed by atoms with E-state index in [0.29, 0.717) is 22.3 Å². The molecule has 160 valence electrons. The number of rotatable bonds is 6. The number of carbonyl (C=O) groups is 1. The van der Waals surface area contributed by atoms with E-state index in [1.165, 1.54) is 0 Å². The van der Waals surface area contributed by atoms with Gasteiger partial charge in [-0.25, -0.2) is 0 Å². The van der Waals surface area contributed by atoms with E-state index in [4.69, 9.17) is 25.8 Å². The predicted octanol–water partition coefficient (Wildman–Crippen LogP) is 5.51. The first-order valence-electron chi connectivity index (χ1n) is 9.97. The molecule has 2 atom stereocenters. The molecule has 2 unspecified atom stereocenters. The summed E-state index contributed by atoms with van der Waals surface area (Å²) in [7, 11) is 3.19. The third-order valence-corrected chi connectivity index (χ3v) is 5.75. The summed E-state index contributed by atoms with van der Waals surface area (Å²) in [5, 5.41) is 0.612. The van der Waals surface area contributed by atoms with Crippen LogP contribution < -0.4 is 19.1 Å². The van der Waals surface area contributed by atoms with Gasteiger partial charge in [0.2, 0.25) is 6.10 Å². The summed E-state index contributed by atoms with van der Waals surface area (Å²) in [5.41, 5.74) is 3.88. The summed E-state index contributed by atoms with van der Waals surface area (Å²) in [6.45, 7) is 4.02. The van der Waals surface area contributed by atoms with Crippen molar-refractivity contribution in [2.45, 2.75) is 26.0 Å². The maximum absolute atomic E-state index is 13.3. The van der Waals surface area contributed by atoms with Gasteiger partial charge < -0.3 is 14.2 Å². The lowest BCUT2D eigenvalue weighted by atomic mass is 9.88. The number of β-lactam (4-membered cyclic amide) rings is 1. The zero-order valence-corrected chi connectivity index (χ0v) is 18.6. The first-order valence-corrected chi connectivity index (χ1v) is 10.3. The number of aryl methyl sites for hydroxylation is 2. The Labute approximate surface area is 187 Å². The largest absolute Gasteiger partial charge is 0.493 e. The number of ether oxygens (including phenoxy) is 3. The normalized spacial score (nSPS) is 17.8. The van der Waals surface area contributed by atoms with E-state index in [1.807, 2.05) is 50.2 Å². The number of halogens is 1. The second kappa shape index (κ2) is 8.52. The van der Waals surface area contributed by atoms with Crippen LogP contribution in [0.3, 0.4) is 0 Å². The molecule has 1 heterocycles. The Morgan fingerprint density at radius 2 is 1.58 bits per heavy atom. The Hall–Kier alpha value is -3.18. The second-order valence-corrected chi connectivity index (χ2v) is 7.99. The highest BCUT2D eigenvalue weighted by Crippen LogP contribution is 2.44. The minimum Gasteiger partial charge on any atom is -0.493 e. The summed E-state index contributed by atoms with van der Waals surface area (Å²) in [6, 6.07) is 18.5. The van der Waals surface area contributed by atoms with Crippen LogP contribution in [-0.4, -0.2) is 26.2 Å². The molecule has 6 heteroatoms. The molecule has 0 saturated carbocycles. The lowest BCUT2D eigenvalue weighted by Crippen LogP contribution is -2.61. The third-order valence-electron chi connectivity index (χ3n) is 5.50. The number of hydrogen-bond acceptors (Lipinski definition) is 4. The van der Waals surface area contributed by atoms with Gasteiger partial charge in [0, 0.05) is 10.7 Å². The molecule has 1 amide bonds. The monoisotopic (exact) mass is 437 g/mol. The fraction of sp³-hybridized carbons (Fsp3) is 0.240. The van der Waals surface area contributed by atoms with Crippen LogP contribution in [0.25, 0.3) is 0 Å². The number of amides is 1. The van der Waals surface area contributed by atoms with Gasteiger partial charge in [-0.05, 0) is 73.0 Å². The van der Waals surface area contributed by atoms with Crippen LogP contribution >= 0.6 is 11.6 Å². The Kier molecular flexibility index (Phi) is 5.79. The standard InChI is InChI=1S/C25H24ClNO4/c1-15-5-6-16(2)20(13-15)27-23(17-7-12-21(29-3)22(14-17)30-4)24(25(27)28)31-19-10-8-18(26)9-11-19/h5-14,23-24H,1-4H3. The Morgan fingerprint density at radius 1 is 0.871 bits per heavy atom. The predicted molar refractivity (Wildman–Crippen MR) is 122 cm³/mol. The maximum atomic E-state index is 13.3. The fourth-order valence-corrected chi connectivity index (χ4v) is 3.97. The minimum absolute atomic E-state index is 0.0940. The van der Waals surface area contributed by atoms with Gasteiger partial charge in [-0.15, -0.1) is 0 Å². The zero-order chi connectivity index (χ0) is 22.1. The van der Waals surface area contributed by atoms with Crippen molar-refractivity contribution in [2.24, 2.45) is 0 Å². The number of carbonyl (C=O) groups excluding carboxylic acids is 1. The van der Waals surface area contributed by atoms with Gasteiger partial charge in [-0.2, -0.15) is 0 Å². The van der Waals surface area contributed by atoms with Crippen molar-refractivity contribution in [3.8, 4) is 17.2 Å². The summed E-state index contributed by atoms with van der Waals surface area (Å²) in [4.78, 5) is 15.1. The second-order valence-electron chi connectivity index (χ2n) is 7.55. The van der Waals surface area contributed by atoms with Gasteiger partial charge >= 0.3 is 0 Å². The molecule has 0 bridgehead atoms. The van der Waals surface area contributed by atoms with Crippen molar-refractivity contribution >= 4 is 23.2 Å². The van der Waals surface area contributed by atoms with Gasteiger partial charge in [0.15, 0.2) is 11.5 Å². The molecule has 1 aliphatic heterocycles. The molecule has 3 aromatic carbocycles. The average molecular weight is 438 g/mol. The van der Waals surface area contributed by atoms with Crippen LogP contribution in [0.4, 0.5) is 5.69 Å². The van der Waals surface area contributed by atoms with Crippen molar-refractivity contribution in [1.82, 2.24) is 0 Å². The van der Waals surface area contributed by atoms with Crippen molar-refractivity contribution in [1.29, 1.82) is 0 Å². The van der Waals surface area contributed by atoms with E-state index in [0.717, 1.165) is 22.4 Å². The molecule has 4 rings (SSSR count). The van der Waals surface area contributed by atoms with Gasteiger partial charge in [0.05, 0.1) is 14.2 Å². The van der Waals surface area contributed by atoms with E-state index >= 15 is 0 Å². The number of methoxy groups -OCH3 is 2. The van der Waals surface area contributed by atoms with Crippen molar-refractivity contribution in [3.63, 3.8) is 0 Å². The van der Waals surface area contributed by atoms with Gasteiger partial charge in [-0.3, -0.25) is 9.69 Å². The molecule has 0 radical (unpaired) electrons. The third kappa shape index (κ3) is 3.93. The summed E-state index contributed by atoms with van der Waals surface area (Å²) >= 11 is 5.99. The lowest BCUT2D eigenvalue weighted by Gasteiger charge is -2.47. The van der Waals surface area contributed by atoms with Crippen molar-refractivity contribution in [3.05, 3.63) is 82.4 Å². The highest BCUT2D eigenvalue weighted by atomic mass is 35.5. The summed E-state index contributed by atoms with van der Waals surface area (Å²) in [5.74, 6) is 1.73. The van der Waals surface area contributed by atoms with E-state index < -0.39 is 6.10 Å².